The molecule has 46 heavy (non-hydrogen) atoms. The fourth-order valence-electron chi connectivity index (χ4n) is 5.05. The minimum Gasteiger partial charge on any atom is -0.497 e. The van der Waals surface area contributed by atoms with Gasteiger partial charge in [-0.3, -0.25) is 0 Å². The number of urea groups is 1. The molecule has 9 nitrogen and oxygen atoms in total. The van der Waals surface area contributed by atoms with Gasteiger partial charge in [-0.15, -0.1) is 18.3 Å². The molecule has 1 aliphatic rings. The average molecular weight is 653 g/mol. The van der Waals surface area contributed by atoms with Crippen molar-refractivity contribution in [3.8, 4) is 28.6 Å². The minimum atomic E-state index is -4.76. The fourth-order valence-corrected chi connectivity index (χ4v) is 6.00. The molecule has 3 aromatic carbocycles. The van der Waals surface area contributed by atoms with E-state index in [2.05, 4.69) is 43.9 Å². The van der Waals surface area contributed by atoms with E-state index in [0.717, 1.165) is 46.8 Å². The van der Waals surface area contributed by atoms with Crippen molar-refractivity contribution in [1.82, 2.24) is 20.1 Å². The lowest BCUT2D eigenvalue weighted by Crippen LogP contribution is -2.41. The van der Waals surface area contributed by atoms with E-state index < -0.39 is 17.9 Å². The van der Waals surface area contributed by atoms with Crippen molar-refractivity contribution in [2.75, 3.05) is 24.3 Å². The van der Waals surface area contributed by atoms with Crippen molar-refractivity contribution in [3.63, 3.8) is 0 Å². The maximum Gasteiger partial charge on any atom is 0.573 e. The SMILES string of the molecule is COc1ccc(N2CCCSC2=NC(=O)NC(C)(C)c2ccc(-c3ncn(-c4ccc(OC(F)(F)F)cc4)n3)cc2)c(C(C)C)c1. The van der Waals surface area contributed by atoms with Crippen LogP contribution >= 0.6 is 11.8 Å². The number of rotatable bonds is 8. The fraction of sp³-hybridized carbons (Fsp3) is 0.333. The highest BCUT2D eigenvalue weighted by Crippen LogP contribution is 2.35. The van der Waals surface area contributed by atoms with Crippen molar-refractivity contribution < 1.29 is 27.4 Å². The molecule has 1 N–H and O–H groups in total. The first kappa shape index (κ1) is 32.9. The Morgan fingerprint density at radius 1 is 1.02 bits per heavy atom. The van der Waals surface area contributed by atoms with Crippen LogP contribution in [0.2, 0.25) is 0 Å². The van der Waals surface area contributed by atoms with Crippen LogP contribution in [0.15, 0.2) is 78.0 Å². The van der Waals surface area contributed by atoms with Crippen molar-refractivity contribution in [3.05, 3.63) is 84.2 Å². The van der Waals surface area contributed by atoms with Gasteiger partial charge in [-0.05, 0) is 79.8 Å². The first-order valence-corrected chi connectivity index (χ1v) is 15.7. The van der Waals surface area contributed by atoms with Gasteiger partial charge >= 0.3 is 12.4 Å². The van der Waals surface area contributed by atoms with E-state index >= 15 is 0 Å². The number of hydrogen-bond acceptors (Lipinski definition) is 6. The van der Waals surface area contributed by atoms with Gasteiger partial charge in [0.05, 0.1) is 18.3 Å². The summed E-state index contributed by atoms with van der Waals surface area (Å²) in [4.78, 5) is 24.2. The Hall–Kier alpha value is -4.52. The zero-order valence-corrected chi connectivity index (χ0v) is 26.9. The molecule has 0 aliphatic carbocycles. The molecule has 0 radical (unpaired) electrons. The summed E-state index contributed by atoms with van der Waals surface area (Å²) in [6, 6.07) is 18.4. The standard InChI is InChI=1S/C33H35F3N6O3S/c1-21(2)27-19-26(44-5)15-16-28(27)41-17-6-18-46-31(41)38-30(43)39-32(3,4)23-9-7-22(8-10-23)29-37-20-42(40-29)24-11-13-25(14-12-24)45-33(34,35)36/h7-16,19-21H,6,17-18H2,1-5H3,(H,39,43). The number of aliphatic imine (C=N–C) groups is 1. The lowest BCUT2D eigenvalue weighted by Gasteiger charge is -2.32. The highest BCUT2D eigenvalue weighted by atomic mass is 32.2. The number of amides is 2. The summed E-state index contributed by atoms with van der Waals surface area (Å²) in [6.07, 6.45) is -2.30. The molecule has 4 aromatic rings. The number of carbonyl (C=O) groups is 1. The Bertz CT molecular complexity index is 1700. The molecule has 2 heterocycles. The van der Waals surface area contributed by atoms with E-state index in [-0.39, 0.29) is 11.7 Å². The lowest BCUT2D eigenvalue weighted by atomic mass is 9.93. The normalized spacial score (nSPS) is 14.9. The van der Waals surface area contributed by atoms with E-state index in [0.29, 0.717) is 16.7 Å². The number of aromatic nitrogens is 3. The highest BCUT2D eigenvalue weighted by Gasteiger charge is 2.31. The van der Waals surface area contributed by atoms with Crippen LogP contribution in [0, 0.1) is 0 Å². The predicted molar refractivity (Wildman–Crippen MR) is 174 cm³/mol. The van der Waals surface area contributed by atoms with Crippen molar-refractivity contribution in [2.24, 2.45) is 4.99 Å². The van der Waals surface area contributed by atoms with Crippen LogP contribution in [0.3, 0.4) is 0 Å². The molecule has 242 valence electrons. The number of thioether (sulfide) groups is 1. The Morgan fingerprint density at radius 2 is 1.72 bits per heavy atom. The van der Waals surface area contributed by atoms with E-state index in [1.807, 2.05) is 56.3 Å². The Kier molecular flexibility index (Phi) is 9.61. The maximum absolute atomic E-state index is 13.3. The second-order valence-electron chi connectivity index (χ2n) is 11.5. The maximum atomic E-state index is 13.3. The van der Waals surface area contributed by atoms with Crippen LogP contribution in [-0.2, 0) is 5.54 Å². The molecule has 1 saturated heterocycles. The number of alkyl halides is 3. The number of hydrogen-bond donors (Lipinski definition) is 1. The largest absolute Gasteiger partial charge is 0.573 e. The first-order valence-electron chi connectivity index (χ1n) is 14.7. The zero-order valence-electron chi connectivity index (χ0n) is 26.1. The molecule has 0 atom stereocenters. The summed E-state index contributed by atoms with van der Waals surface area (Å²) in [5.74, 6) is 2.04. The van der Waals surface area contributed by atoms with Gasteiger partial charge in [0.1, 0.15) is 17.8 Å². The first-order chi connectivity index (χ1) is 21.8. The quantitative estimate of drug-likeness (QED) is 0.207. The summed E-state index contributed by atoms with van der Waals surface area (Å²) in [7, 11) is 1.65. The Morgan fingerprint density at radius 3 is 2.37 bits per heavy atom. The molecule has 13 heteroatoms. The van der Waals surface area contributed by atoms with Crippen molar-refractivity contribution in [1.29, 1.82) is 0 Å². The number of benzene rings is 3. The molecule has 1 aliphatic heterocycles. The number of nitrogens with one attached hydrogen (secondary N) is 1. The molecular formula is C33H35F3N6O3S. The van der Waals surface area contributed by atoms with Crippen LogP contribution in [0.5, 0.6) is 11.5 Å². The van der Waals surface area contributed by atoms with Crippen molar-refractivity contribution in [2.45, 2.75) is 51.9 Å². The summed E-state index contributed by atoms with van der Waals surface area (Å²) in [6.45, 7) is 8.84. The van der Waals surface area contributed by atoms with Crippen LogP contribution < -0.4 is 19.7 Å². The number of anilines is 1. The number of halogens is 3. The van der Waals surface area contributed by atoms with E-state index in [9.17, 15) is 18.0 Å². The van der Waals surface area contributed by atoms with Gasteiger partial charge in [0, 0.05) is 23.5 Å². The summed E-state index contributed by atoms with van der Waals surface area (Å²) >= 11 is 1.57. The second kappa shape index (κ2) is 13.5. The molecule has 0 bridgehead atoms. The molecule has 1 aromatic heterocycles. The monoisotopic (exact) mass is 652 g/mol. The number of methoxy groups -OCH3 is 1. The van der Waals surface area contributed by atoms with Gasteiger partial charge in [0.25, 0.3) is 0 Å². The minimum absolute atomic E-state index is 0.256. The molecular weight excluding hydrogens is 617 g/mol. The van der Waals surface area contributed by atoms with Crippen LogP contribution in [-0.4, -0.2) is 51.7 Å². The molecule has 1 fully saturated rings. The van der Waals surface area contributed by atoms with E-state index in [4.69, 9.17) is 4.74 Å². The van der Waals surface area contributed by atoms with Gasteiger partial charge in [0.15, 0.2) is 11.0 Å². The van der Waals surface area contributed by atoms with Gasteiger partial charge in [-0.1, -0.05) is 49.9 Å². The molecule has 0 unspecified atom stereocenters. The van der Waals surface area contributed by atoms with Crippen LogP contribution in [0.4, 0.5) is 23.7 Å². The molecule has 0 spiro atoms. The van der Waals surface area contributed by atoms with Crippen molar-refractivity contribution >= 4 is 28.6 Å². The lowest BCUT2D eigenvalue weighted by molar-refractivity contribution is -0.274. The Labute approximate surface area is 269 Å². The third-order valence-electron chi connectivity index (χ3n) is 7.44. The smallest absolute Gasteiger partial charge is 0.497 e. The average Bonchev–Trinajstić information content (AvgIpc) is 3.51. The number of amidine groups is 1. The number of carbonyl (C=O) groups excluding carboxylic acids is 1. The van der Waals surface area contributed by atoms with Gasteiger partial charge < -0.3 is 19.7 Å². The summed E-state index contributed by atoms with van der Waals surface area (Å²) in [5, 5.41) is 8.17. The van der Waals surface area contributed by atoms with Gasteiger partial charge in [-0.2, -0.15) is 4.99 Å². The molecule has 0 saturated carbocycles. The van der Waals surface area contributed by atoms with E-state index in [1.165, 1.54) is 35.3 Å². The Balaban J connectivity index is 1.28. The summed E-state index contributed by atoms with van der Waals surface area (Å²) < 4.78 is 48.2. The zero-order chi connectivity index (χ0) is 33.1. The van der Waals surface area contributed by atoms with Crippen LogP contribution in [0.25, 0.3) is 17.1 Å². The molecule has 5 rings (SSSR count). The highest BCUT2D eigenvalue weighted by molar-refractivity contribution is 8.14. The number of ether oxygens (including phenoxy) is 2. The summed E-state index contributed by atoms with van der Waals surface area (Å²) in [5.41, 5.74) is 3.53. The topological polar surface area (TPSA) is 93.9 Å². The third kappa shape index (κ3) is 7.82. The van der Waals surface area contributed by atoms with Gasteiger partial charge in [-0.25, -0.2) is 14.5 Å². The number of nitrogens with zero attached hydrogens (tertiary/aromatic N) is 5. The second-order valence-corrected chi connectivity index (χ2v) is 12.6. The third-order valence-corrected chi connectivity index (χ3v) is 8.51. The van der Waals surface area contributed by atoms with E-state index in [1.54, 1.807) is 18.9 Å². The predicted octanol–water partition coefficient (Wildman–Crippen LogP) is 7.91. The van der Waals surface area contributed by atoms with Gasteiger partial charge in [0.2, 0.25) is 0 Å². The van der Waals surface area contributed by atoms with Crippen LogP contribution in [0.1, 0.15) is 51.2 Å². The molecule has 2 amide bonds.